The molecule has 1 spiro atoms. The molecule has 114 valence electrons. The first-order valence-corrected chi connectivity index (χ1v) is 7.75. The van der Waals surface area contributed by atoms with Crippen LogP contribution in [0.15, 0.2) is 22.8 Å². The molecule has 1 saturated carbocycles. The van der Waals surface area contributed by atoms with E-state index in [9.17, 15) is 9.59 Å². The highest BCUT2D eigenvalue weighted by molar-refractivity contribution is 5.98. The molecule has 1 unspecified atom stereocenters. The summed E-state index contributed by atoms with van der Waals surface area (Å²) in [6.45, 7) is 2.20. The fraction of sp³-hybridized carbons (Fsp3) is 0.625. The Balaban J connectivity index is 1.68. The third-order valence-electron chi connectivity index (χ3n) is 4.74. The Bertz CT molecular complexity index is 518. The molecule has 0 radical (unpaired) electrons. The molecule has 1 saturated heterocycles. The van der Waals surface area contributed by atoms with Gasteiger partial charge in [0.15, 0.2) is 0 Å². The molecule has 1 aliphatic carbocycles. The van der Waals surface area contributed by atoms with E-state index >= 15 is 0 Å². The van der Waals surface area contributed by atoms with Gasteiger partial charge in [0.1, 0.15) is 11.3 Å². The van der Waals surface area contributed by atoms with Crippen molar-refractivity contribution in [2.45, 2.75) is 57.0 Å². The summed E-state index contributed by atoms with van der Waals surface area (Å²) in [4.78, 5) is 26.5. The van der Waals surface area contributed by atoms with E-state index in [-0.39, 0.29) is 24.4 Å². The van der Waals surface area contributed by atoms with E-state index in [1.54, 1.807) is 11.2 Å². The molecule has 2 amide bonds. The van der Waals surface area contributed by atoms with Crippen molar-refractivity contribution in [3.8, 4) is 0 Å². The number of rotatable bonds is 4. The predicted molar refractivity (Wildman–Crippen MR) is 77.5 cm³/mol. The number of amides is 2. The largest absolute Gasteiger partial charge is 0.469 e. The molecule has 21 heavy (non-hydrogen) atoms. The fourth-order valence-corrected chi connectivity index (χ4v) is 3.50. The number of furan rings is 1. The lowest BCUT2D eigenvalue weighted by atomic mass is 9.91. The van der Waals surface area contributed by atoms with Crippen LogP contribution in [0.5, 0.6) is 0 Å². The van der Waals surface area contributed by atoms with Crippen molar-refractivity contribution in [3.05, 3.63) is 24.2 Å². The zero-order valence-corrected chi connectivity index (χ0v) is 12.4. The summed E-state index contributed by atoms with van der Waals surface area (Å²) in [5.41, 5.74) is -0.617. The van der Waals surface area contributed by atoms with Crippen molar-refractivity contribution in [3.63, 3.8) is 0 Å². The molecule has 3 rings (SSSR count). The van der Waals surface area contributed by atoms with Crippen molar-refractivity contribution in [2.75, 3.05) is 6.54 Å². The quantitative estimate of drug-likeness (QED) is 0.921. The Morgan fingerprint density at radius 2 is 2.14 bits per heavy atom. The Labute approximate surface area is 124 Å². The van der Waals surface area contributed by atoms with E-state index in [4.69, 9.17) is 4.42 Å². The lowest BCUT2D eigenvalue weighted by molar-refractivity contribution is -0.152. The number of nitrogens with one attached hydrogen (secondary N) is 1. The molecule has 0 bridgehead atoms. The normalized spacial score (nSPS) is 22.6. The van der Waals surface area contributed by atoms with Crippen LogP contribution in [-0.4, -0.2) is 34.8 Å². The van der Waals surface area contributed by atoms with Gasteiger partial charge in [-0.15, -0.1) is 0 Å². The molecule has 1 atom stereocenters. The number of piperazine rings is 1. The van der Waals surface area contributed by atoms with Gasteiger partial charge in [-0.2, -0.15) is 0 Å². The molecule has 0 aromatic carbocycles. The SMILES string of the molecule is CC(CCc1ccco1)N1CC(=O)NC2(CCCC2)C1=O. The van der Waals surface area contributed by atoms with Crippen LogP contribution in [0.3, 0.4) is 0 Å². The highest BCUT2D eigenvalue weighted by atomic mass is 16.3. The molecule has 2 heterocycles. The van der Waals surface area contributed by atoms with Crippen molar-refractivity contribution in [1.82, 2.24) is 10.2 Å². The molecule has 1 aromatic heterocycles. The highest BCUT2D eigenvalue weighted by Gasteiger charge is 2.49. The predicted octanol–water partition coefficient (Wildman–Crippen LogP) is 1.87. The summed E-state index contributed by atoms with van der Waals surface area (Å²) in [6.07, 6.45) is 6.83. The molecule has 2 fully saturated rings. The Hall–Kier alpha value is -1.78. The van der Waals surface area contributed by atoms with Gasteiger partial charge >= 0.3 is 0 Å². The number of nitrogens with zero attached hydrogens (tertiary/aromatic N) is 1. The summed E-state index contributed by atoms with van der Waals surface area (Å²) in [6, 6.07) is 3.86. The van der Waals surface area contributed by atoms with Crippen LogP contribution in [0.25, 0.3) is 0 Å². The monoisotopic (exact) mass is 290 g/mol. The van der Waals surface area contributed by atoms with Crippen LogP contribution in [0.1, 0.15) is 44.8 Å². The van der Waals surface area contributed by atoms with Gasteiger partial charge in [-0.25, -0.2) is 0 Å². The van der Waals surface area contributed by atoms with Crippen molar-refractivity contribution in [1.29, 1.82) is 0 Å². The van der Waals surface area contributed by atoms with Gasteiger partial charge in [0.25, 0.3) is 0 Å². The lowest BCUT2D eigenvalue weighted by Gasteiger charge is -2.42. The summed E-state index contributed by atoms with van der Waals surface area (Å²) >= 11 is 0. The third-order valence-corrected chi connectivity index (χ3v) is 4.74. The second-order valence-corrected chi connectivity index (χ2v) is 6.24. The van der Waals surface area contributed by atoms with Crippen molar-refractivity contribution >= 4 is 11.8 Å². The smallest absolute Gasteiger partial charge is 0.249 e. The second kappa shape index (κ2) is 5.54. The number of carbonyl (C=O) groups is 2. The molecular weight excluding hydrogens is 268 g/mol. The molecular formula is C16H22N2O3. The third kappa shape index (κ3) is 2.69. The Morgan fingerprint density at radius 3 is 2.81 bits per heavy atom. The maximum absolute atomic E-state index is 12.8. The van der Waals surface area contributed by atoms with Crippen LogP contribution < -0.4 is 5.32 Å². The topological polar surface area (TPSA) is 62.6 Å². The molecule has 1 N–H and O–H groups in total. The molecule has 2 aliphatic rings. The van der Waals surface area contributed by atoms with E-state index in [1.807, 2.05) is 19.1 Å². The summed E-state index contributed by atoms with van der Waals surface area (Å²) in [5.74, 6) is 0.999. The Kier molecular flexibility index (Phi) is 3.74. The minimum Gasteiger partial charge on any atom is -0.469 e. The van der Waals surface area contributed by atoms with Crippen LogP contribution in [-0.2, 0) is 16.0 Å². The molecule has 1 aromatic rings. The number of hydrogen-bond acceptors (Lipinski definition) is 3. The van der Waals surface area contributed by atoms with Crippen molar-refractivity contribution in [2.24, 2.45) is 0 Å². The zero-order valence-electron chi connectivity index (χ0n) is 12.4. The van der Waals surface area contributed by atoms with E-state index in [0.717, 1.165) is 44.3 Å². The molecule has 1 aliphatic heterocycles. The molecule has 5 nitrogen and oxygen atoms in total. The van der Waals surface area contributed by atoms with E-state index in [0.29, 0.717) is 0 Å². The average molecular weight is 290 g/mol. The minimum absolute atomic E-state index is 0.0265. The molecule has 5 heteroatoms. The first-order valence-electron chi connectivity index (χ1n) is 7.75. The summed E-state index contributed by atoms with van der Waals surface area (Å²) in [5, 5.41) is 2.95. The summed E-state index contributed by atoms with van der Waals surface area (Å²) < 4.78 is 5.33. The van der Waals surface area contributed by atoms with Crippen LogP contribution in [0.2, 0.25) is 0 Å². The minimum atomic E-state index is -0.617. The van der Waals surface area contributed by atoms with Crippen LogP contribution in [0, 0.1) is 0 Å². The first kappa shape index (κ1) is 14.2. The van der Waals surface area contributed by atoms with Gasteiger partial charge in [0.05, 0.1) is 12.8 Å². The number of hydrogen-bond donors (Lipinski definition) is 1. The van der Waals surface area contributed by atoms with E-state index in [2.05, 4.69) is 5.32 Å². The number of carbonyl (C=O) groups excluding carboxylic acids is 2. The van der Waals surface area contributed by atoms with Gasteiger partial charge in [-0.05, 0) is 38.3 Å². The van der Waals surface area contributed by atoms with Gasteiger partial charge in [-0.3, -0.25) is 9.59 Å². The standard InChI is InChI=1S/C16H22N2O3/c1-12(6-7-13-5-4-10-21-13)18-11-14(19)17-16(15(18)20)8-2-3-9-16/h4-5,10,12H,2-3,6-9,11H2,1H3,(H,17,19). The van der Waals surface area contributed by atoms with Crippen LogP contribution >= 0.6 is 0 Å². The van der Waals surface area contributed by atoms with Gasteiger partial charge < -0.3 is 14.6 Å². The van der Waals surface area contributed by atoms with E-state index in [1.165, 1.54) is 0 Å². The maximum Gasteiger partial charge on any atom is 0.249 e. The summed E-state index contributed by atoms with van der Waals surface area (Å²) in [7, 11) is 0. The van der Waals surface area contributed by atoms with Crippen LogP contribution in [0.4, 0.5) is 0 Å². The highest BCUT2D eigenvalue weighted by Crippen LogP contribution is 2.34. The van der Waals surface area contributed by atoms with Gasteiger partial charge in [-0.1, -0.05) is 12.8 Å². The average Bonchev–Trinajstić information content (AvgIpc) is 3.12. The lowest BCUT2D eigenvalue weighted by Crippen LogP contribution is -2.67. The van der Waals surface area contributed by atoms with Crippen molar-refractivity contribution < 1.29 is 14.0 Å². The Morgan fingerprint density at radius 1 is 1.38 bits per heavy atom. The van der Waals surface area contributed by atoms with Gasteiger partial charge in [0, 0.05) is 12.5 Å². The number of aryl methyl sites for hydroxylation is 1. The first-order chi connectivity index (χ1) is 10.1. The fourth-order valence-electron chi connectivity index (χ4n) is 3.50. The maximum atomic E-state index is 12.8. The second-order valence-electron chi connectivity index (χ2n) is 6.24. The van der Waals surface area contributed by atoms with E-state index < -0.39 is 5.54 Å². The zero-order chi connectivity index (χ0) is 14.9. The van der Waals surface area contributed by atoms with Gasteiger partial charge in [0.2, 0.25) is 11.8 Å².